The fourth-order valence-corrected chi connectivity index (χ4v) is 3.35. The van der Waals surface area contributed by atoms with Gasteiger partial charge in [0, 0.05) is 6.54 Å². The molecule has 0 aliphatic rings. The molecule has 0 fully saturated rings. The van der Waals surface area contributed by atoms with Crippen LogP contribution in [0, 0.1) is 0 Å². The molecule has 2 heterocycles. The van der Waals surface area contributed by atoms with Gasteiger partial charge in [0.25, 0.3) is 11.1 Å². The van der Waals surface area contributed by atoms with Crippen LogP contribution >= 0.6 is 23.1 Å². The number of amides is 1. The lowest BCUT2D eigenvalue weighted by atomic mass is 10.0. The Kier molecular flexibility index (Phi) is 5.66. The number of nitrogens with zero attached hydrogens (tertiary/aromatic N) is 2. The highest BCUT2D eigenvalue weighted by Gasteiger charge is 2.12. The molecule has 0 aliphatic heterocycles. The van der Waals surface area contributed by atoms with Gasteiger partial charge in [0.15, 0.2) is 0 Å². The Morgan fingerprint density at radius 2 is 2.08 bits per heavy atom. The van der Waals surface area contributed by atoms with Crippen molar-refractivity contribution in [1.82, 2.24) is 15.5 Å². The smallest absolute Gasteiger partial charge is 0.277 e. The molecule has 0 unspecified atom stereocenters. The SMILES string of the molecule is C[C@@H](CNC(=O)CSc1nnc(-c2cccs2)o1)c1ccccc1. The molecule has 1 aromatic carbocycles. The van der Waals surface area contributed by atoms with Crippen LogP contribution in [-0.2, 0) is 4.79 Å². The highest BCUT2D eigenvalue weighted by atomic mass is 32.2. The summed E-state index contributed by atoms with van der Waals surface area (Å²) in [6, 6.07) is 14.0. The third-order valence-electron chi connectivity index (χ3n) is 3.44. The maximum Gasteiger partial charge on any atom is 0.277 e. The summed E-state index contributed by atoms with van der Waals surface area (Å²) < 4.78 is 5.54. The molecule has 0 aliphatic carbocycles. The quantitative estimate of drug-likeness (QED) is 0.650. The fraction of sp³-hybridized carbons (Fsp3) is 0.235. The maximum atomic E-state index is 12.0. The van der Waals surface area contributed by atoms with Gasteiger partial charge >= 0.3 is 0 Å². The molecule has 7 heteroatoms. The molecule has 0 radical (unpaired) electrons. The summed E-state index contributed by atoms with van der Waals surface area (Å²) in [7, 11) is 0. The summed E-state index contributed by atoms with van der Waals surface area (Å²) in [4.78, 5) is 12.9. The highest BCUT2D eigenvalue weighted by Crippen LogP contribution is 2.26. The predicted octanol–water partition coefficient (Wildman–Crippen LogP) is 3.81. The minimum atomic E-state index is -0.0429. The van der Waals surface area contributed by atoms with Crippen molar-refractivity contribution in [1.29, 1.82) is 0 Å². The minimum Gasteiger partial charge on any atom is -0.410 e. The summed E-state index contributed by atoms with van der Waals surface area (Å²) in [6.45, 7) is 2.70. The van der Waals surface area contributed by atoms with E-state index in [4.69, 9.17) is 4.42 Å². The second-order valence-corrected chi connectivity index (χ2v) is 7.13. The molecule has 5 nitrogen and oxygen atoms in total. The molecule has 3 rings (SSSR count). The first-order chi connectivity index (χ1) is 11.7. The van der Waals surface area contributed by atoms with Crippen molar-refractivity contribution in [2.45, 2.75) is 18.1 Å². The van der Waals surface area contributed by atoms with E-state index in [0.29, 0.717) is 17.7 Å². The molecule has 1 amide bonds. The molecule has 1 N–H and O–H groups in total. The van der Waals surface area contributed by atoms with E-state index in [0.717, 1.165) is 4.88 Å². The minimum absolute atomic E-state index is 0.0429. The van der Waals surface area contributed by atoms with Crippen LogP contribution in [-0.4, -0.2) is 28.4 Å². The van der Waals surface area contributed by atoms with E-state index >= 15 is 0 Å². The van der Waals surface area contributed by atoms with Gasteiger partial charge in [0.1, 0.15) is 0 Å². The van der Waals surface area contributed by atoms with Gasteiger partial charge in [-0.1, -0.05) is 55.1 Å². The van der Waals surface area contributed by atoms with Crippen molar-refractivity contribution in [2.75, 3.05) is 12.3 Å². The second kappa shape index (κ2) is 8.12. The number of carbonyl (C=O) groups is 1. The van der Waals surface area contributed by atoms with Crippen LogP contribution in [0.5, 0.6) is 0 Å². The van der Waals surface area contributed by atoms with Gasteiger partial charge in [-0.25, -0.2) is 0 Å². The second-order valence-electron chi connectivity index (χ2n) is 5.25. The van der Waals surface area contributed by atoms with Crippen LogP contribution in [0.25, 0.3) is 10.8 Å². The lowest BCUT2D eigenvalue weighted by molar-refractivity contribution is -0.118. The number of hydrogen-bond donors (Lipinski definition) is 1. The molecule has 1 atom stereocenters. The first kappa shape index (κ1) is 16.7. The van der Waals surface area contributed by atoms with Gasteiger partial charge in [-0.05, 0) is 22.9 Å². The Bertz CT molecular complexity index is 772. The van der Waals surface area contributed by atoms with Gasteiger partial charge in [-0.15, -0.1) is 21.5 Å². The lowest BCUT2D eigenvalue weighted by Crippen LogP contribution is -2.28. The summed E-state index contributed by atoms with van der Waals surface area (Å²) in [5, 5.41) is 13.2. The van der Waals surface area contributed by atoms with Gasteiger partial charge in [-0.3, -0.25) is 4.79 Å². The molecule has 0 saturated carbocycles. The normalized spacial score (nSPS) is 12.0. The van der Waals surface area contributed by atoms with E-state index in [1.807, 2.05) is 35.7 Å². The molecule has 2 aromatic heterocycles. The summed E-state index contributed by atoms with van der Waals surface area (Å²) in [6.07, 6.45) is 0. The van der Waals surface area contributed by atoms with Crippen molar-refractivity contribution >= 4 is 29.0 Å². The van der Waals surface area contributed by atoms with E-state index in [9.17, 15) is 4.79 Å². The largest absolute Gasteiger partial charge is 0.410 e. The van der Waals surface area contributed by atoms with Crippen LogP contribution in [0.4, 0.5) is 0 Å². The number of nitrogens with one attached hydrogen (secondary N) is 1. The van der Waals surface area contributed by atoms with E-state index in [1.165, 1.54) is 28.7 Å². The van der Waals surface area contributed by atoms with Crippen molar-refractivity contribution in [3.05, 3.63) is 53.4 Å². The Hall–Kier alpha value is -2.12. The van der Waals surface area contributed by atoms with E-state index in [-0.39, 0.29) is 17.6 Å². The molecular weight excluding hydrogens is 342 g/mol. The summed E-state index contributed by atoms with van der Waals surface area (Å²) >= 11 is 2.78. The summed E-state index contributed by atoms with van der Waals surface area (Å²) in [5.41, 5.74) is 1.21. The van der Waals surface area contributed by atoms with Crippen molar-refractivity contribution < 1.29 is 9.21 Å². The Morgan fingerprint density at radius 1 is 1.25 bits per heavy atom. The summed E-state index contributed by atoms with van der Waals surface area (Å²) in [5.74, 6) is 0.978. The number of hydrogen-bond acceptors (Lipinski definition) is 6. The van der Waals surface area contributed by atoms with Crippen LogP contribution in [0.3, 0.4) is 0 Å². The predicted molar refractivity (Wildman–Crippen MR) is 96.2 cm³/mol. The molecular formula is C17H17N3O2S2. The van der Waals surface area contributed by atoms with E-state index < -0.39 is 0 Å². The Labute approximate surface area is 148 Å². The zero-order valence-electron chi connectivity index (χ0n) is 13.1. The standard InChI is InChI=1S/C17H17N3O2S2/c1-12(13-6-3-2-4-7-13)10-18-15(21)11-24-17-20-19-16(22-17)14-8-5-9-23-14/h2-9,12H,10-11H2,1H3,(H,18,21)/t12-/m0/s1. The maximum absolute atomic E-state index is 12.0. The number of carbonyl (C=O) groups excluding carboxylic acids is 1. The third kappa shape index (κ3) is 4.46. The van der Waals surface area contributed by atoms with E-state index in [2.05, 4.69) is 34.6 Å². The average molecular weight is 359 g/mol. The van der Waals surface area contributed by atoms with Crippen LogP contribution in [0.2, 0.25) is 0 Å². The molecule has 0 bridgehead atoms. The Balaban J connectivity index is 1.44. The van der Waals surface area contributed by atoms with Crippen LogP contribution in [0.1, 0.15) is 18.4 Å². The highest BCUT2D eigenvalue weighted by molar-refractivity contribution is 7.99. The number of aromatic nitrogens is 2. The third-order valence-corrected chi connectivity index (χ3v) is 5.12. The molecule has 0 saturated heterocycles. The lowest BCUT2D eigenvalue weighted by Gasteiger charge is -2.12. The van der Waals surface area contributed by atoms with Crippen LogP contribution in [0.15, 0.2) is 57.5 Å². The molecule has 24 heavy (non-hydrogen) atoms. The van der Waals surface area contributed by atoms with Gasteiger partial charge in [0.2, 0.25) is 5.91 Å². The number of benzene rings is 1. The van der Waals surface area contributed by atoms with E-state index in [1.54, 1.807) is 0 Å². The van der Waals surface area contributed by atoms with Crippen molar-refractivity contribution in [3.63, 3.8) is 0 Å². The number of thiophene rings is 1. The first-order valence-electron chi connectivity index (χ1n) is 7.54. The zero-order valence-corrected chi connectivity index (χ0v) is 14.8. The van der Waals surface area contributed by atoms with Gasteiger partial charge in [0.05, 0.1) is 10.6 Å². The van der Waals surface area contributed by atoms with Crippen molar-refractivity contribution in [3.8, 4) is 10.8 Å². The topological polar surface area (TPSA) is 68.0 Å². The molecule has 0 spiro atoms. The molecule has 124 valence electrons. The zero-order chi connectivity index (χ0) is 16.8. The average Bonchev–Trinajstić information content (AvgIpc) is 3.29. The number of rotatable bonds is 7. The van der Waals surface area contributed by atoms with Crippen LogP contribution < -0.4 is 5.32 Å². The molecule has 3 aromatic rings. The van der Waals surface area contributed by atoms with Gasteiger partial charge in [-0.2, -0.15) is 0 Å². The van der Waals surface area contributed by atoms with Crippen molar-refractivity contribution in [2.24, 2.45) is 0 Å². The first-order valence-corrected chi connectivity index (χ1v) is 9.40. The fourth-order valence-electron chi connectivity index (χ4n) is 2.11. The monoisotopic (exact) mass is 359 g/mol. The Morgan fingerprint density at radius 3 is 2.83 bits per heavy atom. The number of thioether (sulfide) groups is 1. The van der Waals surface area contributed by atoms with Gasteiger partial charge < -0.3 is 9.73 Å².